The van der Waals surface area contributed by atoms with Gasteiger partial charge in [0.25, 0.3) is 0 Å². The molecule has 1 aromatic heterocycles. The molecule has 0 aliphatic carbocycles. The fourth-order valence-electron chi connectivity index (χ4n) is 2.14. The first-order chi connectivity index (χ1) is 7.75. The van der Waals surface area contributed by atoms with Crippen LogP contribution in [-0.2, 0) is 0 Å². The number of nitrogens with one attached hydrogen (secondary N) is 1. The maximum absolute atomic E-state index is 4.38. The number of hydrazine groups is 1. The minimum Gasteiger partial charge on any atom is -0.357 e. The Morgan fingerprint density at radius 1 is 1.31 bits per heavy atom. The number of hydrogen-bond acceptors (Lipinski definition) is 4. The summed E-state index contributed by atoms with van der Waals surface area (Å²) in [4.78, 5) is 6.74. The molecule has 0 amide bonds. The highest BCUT2D eigenvalue weighted by Crippen LogP contribution is 2.16. The van der Waals surface area contributed by atoms with E-state index in [-0.39, 0.29) is 0 Å². The van der Waals surface area contributed by atoms with Crippen molar-refractivity contribution in [2.75, 3.05) is 32.1 Å². The van der Waals surface area contributed by atoms with Crippen molar-refractivity contribution in [3.05, 3.63) is 24.4 Å². The van der Waals surface area contributed by atoms with Crippen molar-refractivity contribution >= 4 is 5.82 Å². The van der Waals surface area contributed by atoms with Gasteiger partial charge < -0.3 is 4.90 Å². The van der Waals surface area contributed by atoms with E-state index in [1.807, 2.05) is 37.4 Å². The molecule has 16 heavy (non-hydrogen) atoms. The van der Waals surface area contributed by atoms with Gasteiger partial charge in [-0.05, 0) is 25.0 Å². The summed E-state index contributed by atoms with van der Waals surface area (Å²) in [7, 11) is 4.09. The van der Waals surface area contributed by atoms with Crippen LogP contribution in [0.1, 0.15) is 12.8 Å². The molecule has 4 nitrogen and oxygen atoms in total. The van der Waals surface area contributed by atoms with Gasteiger partial charge in [0.15, 0.2) is 0 Å². The number of aromatic nitrogens is 1. The maximum Gasteiger partial charge on any atom is 0.128 e. The van der Waals surface area contributed by atoms with E-state index >= 15 is 0 Å². The average Bonchev–Trinajstić information content (AvgIpc) is 2.30. The number of nitrogens with zero attached hydrogens (tertiary/aromatic N) is 3. The molecule has 2 heterocycles. The van der Waals surface area contributed by atoms with Crippen molar-refractivity contribution in [3.8, 4) is 0 Å². The first kappa shape index (κ1) is 11.4. The average molecular weight is 220 g/mol. The maximum atomic E-state index is 4.38. The molecule has 4 heteroatoms. The van der Waals surface area contributed by atoms with Crippen LogP contribution in [0.2, 0.25) is 0 Å². The van der Waals surface area contributed by atoms with Gasteiger partial charge in [0.1, 0.15) is 5.82 Å². The normalized spacial score (nSPS) is 18.1. The van der Waals surface area contributed by atoms with Gasteiger partial charge in [-0.15, -0.1) is 0 Å². The second kappa shape index (κ2) is 5.27. The first-order valence-corrected chi connectivity index (χ1v) is 5.85. The van der Waals surface area contributed by atoms with E-state index in [2.05, 4.69) is 21.4 Å². The van der Waals surface area contributed by atoms with Gasteiger partial charge in [-0.2, -0.15) is 0 Å². The Bertz CT molecular complexity index is 304. The highest BCUT2D eigenvalue weighted by molar-refractivity contribution is 5.38. The summed E-state index contributed by atoms with van der Waals surface area (Å²) < 4.78 is 0. The minimum absolute atomic E-state index is 0.606. The molecule has 0 radical (unpaired) electrons. The van der Waals surface area contributed by atoms with E-state index in [4.69, 9.17) is 0 Å². The van der Waals surface area contributed by atoms with Crippen molar-refractivity contribution < 1.29 is 0 Å². The topological polar surface area (TPSA) is 31.4 Å². The van der Waals surface area contributed by atoms with Gasteiger partial charge in [-0.25, -0.2) is 4.98 Å². The highest BCUT2D eigenvalue weighted by atomic mass is 15.5. The van der Waals surface area contributed by atoms with Gasteiger partial charge >= 0.3 is 0 Å². The lowest BCUT2D eigenvalue weighted by molar-refractivity contribution is 0.219. The van der Waals surface area contributed by atoms with Crippen molar-refractivity contribution in [1.29, 1.82) is 0 Å². The summed E-state index contributed by atoms with van der Waals surface area (Å²) in [5.41, 5.74) is 3.44. The SMILES string of the molecule is CN(C)NC1CCN(c2ccccn2)CC1. The molecular weight excluding hydrogens is 200 g/mol. The lowest BCUT2D eigenvalue weighted by atomic mass is 10.1. The monoisotopic (exact) mass is 220 g/mol. The summed E-state index contributed by atoms with van der Waals surface area (Å²) in [6.45, 7) is 2.17. The predicted octanol–water partition coefficient (Wildman–Crippen LogP) is 1.12. The quantitative estimate of drug-likeness (QED) is 0.773. The summed E-state index contributed by atoms with van der Waals surface area (Å²) in [6, 6.07) is 6.70. The molecule has 0 bridgehead atoms. The van der Waals surface area contributed by atoms with Crippen LogP contribution >= 0.6 is 0 Å². The summed E-state index contributed by atoms with van der Waals surface area (Å²) in [5.74, 6) is 1.10. The van der Waals surface area contributed by atoms with Gasteiger partial charge in [0.2, 0.25) is 0 Å². The Morgan fingerprint density at radius 3 is 2.62 bits per heavy atom. The highest BCUT2D eigenvalue weighted by Gasteiger charge is 2.19. The lowest BCUT2D eigenvalue weighted by Gasteiger charge is -2.34. The fraction of sp³-hybridized carbons (Fsp3) is 0.583. The third kappa shape index (κ3) is 2.93. The molecule has 1 aliphatic rings. The number of rotatable bonds is 3. The lowest BCUT2D eigenvalue weighted by Crippen LogP contribution is -2.47. The van der Waals surface area contributed by atoms with Crippen LogP contribution in [0.25, 0.3) is 0 Å². The predicted molar refractivity (Wildman–Crippen MR) is 66.3 cm³/mol. The van der Waals surface area contributed by atoms with E-state index in [9.17, 15) is 0 Å². The van der Waals surface area contributed by atoms with Crippen LogP contribution in [0.15, 0.2) is 24.4 Å². The number of anilines is 1. The third-order valence-electron chi connectivity index (χ3n) is 2.91. The van der Waals surface area contributed by atoms with Crippen molar-refractivity contribution in [1.82, 2.24) is 15.4 Å². The van der Waals surface area contributed by atoms with E-state index < -0.39 is 0 Å². The Morgan fingerprint density at radius 2 is 2.06 bits per heavy atom. The van der Waals surface area contributed by atoms with E-state index in [0.717, 1.165) is 18.9 Å². The fourth-order valence-corrected chi connectivity index (χ4v) is 2.14. The van der Waals surface area contributed by atoms with Crippen molar-refractivity contribution in [3.63, 3.8) is 0 Å². The van der Waals surface area contributed by atoms with Crippen LogP contribution < -0.4 is 10.3 Å². The van der Waals surface area contributed by atoms with Gasteiger partial charge in [0.05, 0.1) is 0 Å². The Balaban J connectivity index is 1.86. The molecule has 0 unspecified atom stereocenters. The zero-order valence-electron chi connectivity index (χ0n) is 10.1. The molecule has 1 fully saturated rings. The summed E-state index contributed by atoms with van der Waals surface area (Å²) in [6.07, 6.45) is 4.21. The van der Waals surface area contributed by atoms with Crippen LogP contribution in [0.3, 0.4) is 0 Å². The van der Waals surface area contributed by atoms with Crippen LogP contribution in [0, 0.1) is 0 Å². The van der Waals surface area contributed by atoms with Crippen LogP contribution in [0.5, 0.6) is 0 Å². The molecule has 0 aromatic carbocycles. The van der Waals surface area contributed by atoms with Crippen LogP contribution in [0.4, 0.5) is 5.82 Å². The Labute approximate surface area is 97.2 Å². The van der Waals surface area contributed by atoms with Crippen molar-refractivity contribution in [2.45, 2.75) is 18.9 Å². The summed E-state index contributed by atoms with van der Waals surface area (Å²) in [5, 5.41) is 2.04. The molecule has 0 saturated carbocycles. The van der Waals surface area contributed by atoms with E-state index in [1.54, 1.807) is 0 Å². The first-order valence-electron chi connectivity index (χ1n) is 5.85. The van der Waals surface area contributed by atoms with E-state index in [1.165, 1.54) is 12.8 Å². The molecule has 88 valence electrons. The molecule has 1 aliphatic heterocycles. The molecule has 1 N–H and O–H groups in total. The van der Waals surface area contributed by atoms with Gasteiger partial charge in [-0.1, -0.05) is 6.07 Å². The standard InChI is InChI=1S/C12H20N4/c1-15(2)14-11-6-9-16(10-7-11)12-5-3-4-8-13-12/h3-5,8,11,14H,6-7,9-10H2,1-2H3. The molecule has 1 aromatic rings. The van der Waals surface area contributed by atoms with Gasteiger partial charge in [-0.3, -0.25) is 10.4 Å². The van der Waals surface area contributed by atoms with Gasteiger partial charge in [0, 0.05) is 39.4 Å². The zero-order valence-corrected chi connectivity index (χ0v) is 10.1. The number of pyridine rings is 1. The van der Waals surface area contributed by atoms with Crippen molar-refractivity contribution in [2.24, 2.45) is 0 Å². The Hall–Kier alpha value is -1.13. The third-order valence-corrected chi connectivity index (χ3v) is 2.91. The zero-order chi connectivity index (χ0) is 11.4. The molecule has 2 rings (SSSR count). The second-order valence-electron chi connectivity index (χ2n) is 4.47. The minimum atomic E-state index is 0.606. The molecule has 1 saturated heterocycles. The second-order valence-corrected chi connectivity index (χ2v) is 4.47. The molecule has 0 atom stereocenters. The molecule has 0 spiro atoms. The number of hydrogen-bond donors (Lipinski definition) is 1. The molecular formula is C12H20N4. The smallest absolute Gasteiger partial charge is 0.128 e. The summed E-state index contributed by atoms with van der Waals surface area (Å²) >= 11 is 0. The van der Waals surface area contributed by atoms with Crippen LogP contribution in [-0.4, -0.2) is 43.2 Å². The van der Waals surface area contributed by atoms with E-state index in [0.29, 0.717) is 6.04 Å². The largest absolute Gasteiger partial charge is 0.357 e. The Kier molecular flexibility index (Phi) is 3.74. The number of piperidine rings is 1.